The van der Waals surface area contributed by atoms with Gasteiger partial charge in [-0.1, -0.05) is 25.1 Å². The molecule has 2 heterocycles. The van der Waals surface area contributed by atoms with Crippen LogP contribution in [-0.2, 0) is 4.79 Å². The van der Waals surface area contributed by atoms with Gasteiger partial charge in [0, 0.05) is 17.9 Å². The molecule has 0 bridgehead atoms. The molecule has 0 spiro atoms. The number of fused-ring (bicyclic) bond motifs is 1. The van der Waals surface area contributed by atoms with Gasteiger partial charge in [-0.2, -0.15) is 4.98 Å². The van der Waals surface area contributed by atoms with E-state index in [4.69, 9.17) is 0 Å². The van der Waals surface area contributed by atoms with Crippen molar-refractivity contribution in [3.05, 3.63) is 17.5 Å². The normalized spacial score (nSPS) is 10.9. The molecule has 0 unspecified atom stereocenters. The summed E-state index contributed by atoms with van der Waals surface area (Å²) in [5.74, 6) is 0.929. The number of nitrogens with one attached hydrogen (secondary N) is 1. The van der Waals surface area contributed by atoms with Crippen LogP contribution in [0.1, 0.15) is 31.2 Å². The fraction of sp³-hybridized carbons (Fsp3) is 0.538. The average molecular weight is 293 g/mol. The number of carbonyl (C=O) groups is 1. The molecule has 0 aromatic carbocycles. The molecule has 0 saturated carbocycles. The Bertz CT molecular complexity index is 610. The van der Waals surface area contributed by atoms with Crippen LogP contribution in [0.5, 0.6) is 0 Å². The van der Waals surface area contributed by atoms with Crippen LogP contribution in [0.2, 0.25) is 0 Å². The molecule has 0 aliphatic carbocycles. The van der Waals surface area contributed by atoms with Crippen molar-refractivity contribution in [1.82, 2.24) is 24.9 Å². The van der Waals surface area contributed by atoms with Crippen molar-refractivity contribution in [3.8, 4) is 0 Å². The predicted molar refractivity (Wildman–Crippen MR) is 78.9 cm³/mol. The van der Waals surface area contributed by atoms with Crippen molar-refractivity contribution in [1.29, 1.82) is 0 Å². The summed E-state index contributed by atoms with van der Waals surface area (Å²) < 4.78 is 1.70. The topological polar surface area (TPSA) is 72.2 Å². The summed E-state index contributed by atoms with van der Waals surface area (Å²) >= 11 is 1.33. The molecular weight excluding hydrogens is 274 g/mol. The first kappa shape index (κ1) is 14.8. The fourth-order valence-corrected chi connectivity index (χ4v) is 2.44. The molecule has 0 aliphatic heterocycles. The zero-order chi connectivity index (χ0) is 14.5. The maximum atomic E-state index is 11.6. The molecule has 2 rings (SSSR count). The Kier molecular flexibility index (Phi) is 4.94. The van der Waals surface area contributed by atoms with Gasteiger partial charge in [-0.3, -0.25) is 4.79 Å². The number of hydrogen-bond donors (Lipinski definition) is 1. The van der Waals surface area contributed by atoms with Crippen LogP contribution in [0.15, 0.2) is 11.2 Å². The standard InChI is InChI=1S/C13H19N5OS/c1-4-5-6-14-11(19)8-20-13-16-12-15-9(2)7-10(3)18(12)17-13/h7H,4-6,8H2,1-3H3,(H,14,19). The largest absolute Gasteiger partial charge is 0.355 e. The molecular formula is C13H19N5OS. The Labute approximate surface area is 122 Å². The Morgan fingerprint density at radius 3 is 2.95 bits per heavy atom. The van der Waals surface area contributed by atoms with Crippen LogP contribution in [0.3, 0.4) is 0 Å². The summed E-state index contributed by atoms with van der Waals surface area (Å²) in [7, 11) is 0. The number of rotatable bonds is 6. The number of aromatic nitrogens is 4. The highest BCUT2D eigenvalue weighted by Crippen LogP contribution is 2.14. The van der Waals surface area contributed by atoms with E-state index in [2.05, 4.69) is 27.3 Å². The molecule has 0 fully saturated rings. The van der Waals surface area contributed by atoms with Gasteiger partial charge in [0.15, 0.2) is 0 Å². The highest BCUT2D eigenvalue weighted by molar-refractivity contribution is 7.99. The van der Waals surface area contributed by atoms with Crippen molar-refractivity contribution in [3.63, 3.8) is 0 Å². The highest BCUT2D eigenvalue weighted by Gasteiger charge is 2.10. The third-order valence-electron chi connectivity index (χ3n) is 2.78. The van der Waals surface area contributed by atoms with Crippen LogP contribution in [0.4, 0.5) is 0 Å². The number of nitrogens with zero attached hydrogens (tertiary/aromatic N) is 4. The number of aryl methyl sites for hydroxylation is 2. The Balaban J connectivity index is 1.97. The Morgan fingerprint density at radius 1 is 1.40 bits per heavy atom. The summed E-state index contributed by atoms with van der Waals surface area (Å²) in [5, 5.41) is 7.80. The number of amides is 1. The molecule has 0 aliphatic rings. The number of unbranched alkanes of at least 4 members (excludes halogenated alkanes) is 1. The van der Waals surface area contributed by atoms with E-state index in [1.54, 1.807) is 4.52 Å². The number of carbonyl (C=O) groups excluding carboxylic acids is 1. The van der Waals surface area contributed by atoms with Gasteiger partial charge < -0.3 is 5.32 Å². The zero-order valence-electron chi connectivity index (χ0n) is 12.0. The second-order valence-electron chi connectivity index (χ2n) is 4.64. The summed E-state index contributed by atoms with van der Waals surface area (Å²) in [5.41, 5.74) is 1.90. The van der Waals surface area contributed by atoms with Crippen LogP contribution >= 0.6 is 11.8 Å². The third kappa shape index (κ3) is 3.69. The van der Waals surface area contributed by atoms with Gasteiger partial charge >= 0.3 is 0 Å². The van der Waals surface area contributed by atoms with E-state index in [-0.39, 0.29) is 5.91 Å². The molecule has 1 amide bonds. The minimum atomic E-state index is 0.0168. The van der Waals surface area contributed by atoms with Gasteiger partial charge in [0.05, 0.1) is 5.75 Å². The van der Waals surface area contributed by atoms with Gasteiger partial charge in [0.2, 0.25) is 11.1 Å². The van der Waals surface area contributed by atoms with E-state index in [1.807, 2.05) is 19.9 Å². The van der Waals surface area contributed by atoms with Crippen molar-refractivity contribution in [2.24, 2.45) is 0 Å². The smallest absolute Gasteiger partial charge is 0.253 e. The monoisotopic (exact) mass is 293 g/mol. The second-order valence-corrected chi connectivity index (χ2v) is 5.58. The molecule has 108 valence electrons. The summed E-state index contributed by atoms with van der Waals surface area (Å²) in [6.07, 6.45) is 2.08. The molecule has 2 aromatic rings. The maximum Gasteiger partial charge on any atom is 0.253 e. The third-order valence-corrected chi connectivity index (χ3v) is 3.62. The molecule has 0 atom stereocenters. The lowest BCUT2D eigenvalue weighted by Crippen LogP contribution is -2.26. The first-order chi connectivity index (χ1) is 9.60. The maximum absolute atomic E-state index is 11.6. The fourth-order valence-electron chi connectivity index (χ4n) is 1.79. The van der Waals surface area contributed by atoms with E-state index >= 15 is 0 Å². The zero-order valence-corrected chi connectivity index (χ0v) is 12.8. The van der Waals surface area contributed by atoms with Gasteiger partial charge in [-0.25, -0.2) is 9.50 Å². The second kappa shape index (κ2) is 6.69. The number of thioether (sulfide) groups is 1. The van der Waals surface area contributed by atoms with Crippen LogP contribution < -0.4 is 5.32 Å². The van der Waals surface area contributed by atoms with E-state index in [0.717, 1.165) is 30.8 Å². The first-order valence-corrected chi connectivity index (χ1v) is 7.69. The van der Waals surface area contributed by atoms with Crippen LogP contribution in [0.25, 0.3) is 5.78 Å². The lowest BCUT2D eigenvalue weighted by molar-refractivity contribution is -0.118. The average Bonchev–Trinajstić information content (AvgIpc) is 2.80. The van der Waals surface area contributed by atoms with Crippen molar-refractivity contribution >= 4 is 23.4 Å². The van der Waals surface area contributed by atoms with Gasteiger partial charge in [0.25, 0.3) is 5.78 Å². The highest BCUT2D eigenvalue weighted by atomic mass is 32.2. The first-order valence-electron chi connectivity index (χ1n) is 6.70. The summed E-state index contributed by atoms with van der Waals surface area (Å²) in [4.78, 5) is 20.3. The number of hydrogen-bond acceptors (Lipinski definition) is 5. The molecule has 20 heavy (non-hydrogen) atoms. The lowest BCUT2D eigenvalue weighted by Gasteiger charge is -2.01. The summed E-state index contributed by atoms with van der Waals surface area (Å²) in [6.45, 7) is 6.71. The van der Waals surface area contributed by atoms with Gasteiger partial charge in [-0.15, -0.1) is 5.10 Å². The molecule has 2 aromatic heterocycles. The van der Waals surface area contributed by atoms with E-state index in [1.165, 1.54) is 11.8 Å². The SMILES string of the molecule is CCCCNC(=O)CSc1nc2nc(C)cc(C)n2n1. The minimum absolute atomic E-state index is 0.0168. The molecule has 0 saturated heterocycles. The van der Waals surface area contributed by atoms with Crippen LogP contribution in [0, 0.1) is 13.8 Å². The van der Waals surface area contributed by atoms with Crippen LogP contribution in [-0.4, -0.2) is 37.8 Å². The Hall–Kier alpha value is -1.63. The van der Waals surface area contributed by atoms with Crippen molar-refractivity contribution < 1.29 is 4.79 Å². The lowest BCUT2D eigenvalue weighted by atomic mass is 10.3. The van der Waals surface area contributed by atoms with Gasteiger partial charge in [0.1, 0.15) is 0 Å². The van der Waals surface area contributed by atoms with Gasteiger partial charge in [-0.05, 0) is 26.3 Å². The molecule has 1 N–H and O–H groups in total. The van der Waals surface area contributed by atoms with E-state index in [9.17, 15) is 4.79 Å². The molecule has 6 nitrogen and oxygen atoms in total. The minimum Gasteiger partial charge on any atom is -0.355 e. The van der Waals surface area contributed by atoms with E-state index in [0.29, 0.717) is 16.7 Å². The van der Waals surface area contributed by atoms with E-state index < -0.39 is 0 Å². The Morgan fingerprint density at radius 2 is 2.20 bits per heavy atom. The molecule has 0 radical (unpaired) electrons. The van der Waals surface area contributed by atoms with Crippen molar-refractivity contribution in [2.45, 2.75) is 38.8 Å². The summed E-state index contributed by atoms with van der Waals surface area (Å²) in [6, 6.07) is 1.95. The van der Waals surface area contributed by atoms with Crippen molar-refractivity contribution in [2.75, 3.05) is 12.3 Å². The predicted octanol–water partition coefficient (Wildman–Crippen LogP) is 1.75. The molecule has 7 heteroatoms. The quantitative estimate of drug-likeness (QED) is 0.649.